The van der Waals surface area contributed by atoms with Gasteiger partial charge in [-0.2, -0.15) is 0 Å². The number of aromatic hydroxyl groups is 1. The minimum absolute atomic E-state index is 0.157. The number of phenols is 1. The van der Waals surface area contributed by atoms with Gasteiger partial charge < -0.3 is 5.11 Å². The van der Waals surface area contributed by atoms with Gasteiger partial charge in [-0.15, -0.1) is 0 Å². The Morgan fingerprint density at radius 3 is 2.17 bits per heavy atom. The zero-order valence-corrected chi connectivity index (χ0v) is 16.3. The largest absolute Gasteiger partial charge is 0.508 e. The molecule has 0 spiro atoms. The highest BCUT2D eigenvalue weighted by Crippen LogP contribution is 2.27. The van der Waals surface area contributed by atoms with Crippen LogP contribution in [0.15, 0.2) is 84.9 Å². The van der Waals surface area contributed by atoms with Gasteiger partial charge in [-0.25, -0.2) is 0 Å². The normalized spacial score (nSPS) is 11.2. The maximum atomic E-state index is 12.2. The summed E-state index contributed by atoms with van der Waals surface area (Å²) in [6.45, 7) is 0. The van der Waals surface area contributed by atoms with E-state index in [2.05, 4.69) is 0 Å². The number of rotatable bonds is 7. The molecule has 0 bridgehead atoms. The molecule has 144 valence electrons. The second-order valence-corrected chi connectivity index (χ2v) is 6.90. The Balaban J connectivity index is 1.68. The van der Waals surface area contributed by atoms with E-state index in [4.69, 9.17) is 11.6 Å². The van der Waals surface area contributed by atoms with Gasteiger partial charge >= 0.3 is 0 Å². The van der Waals surface area contributed by atoms with Gasteiger partial charge in [0.2, 0.25) is 0 Å². The van der Waals surface area contributed by atoms with Crippen LogP contribution in [0.4, 0.5) is 0 Å². The van der Waals surface area contributed by atoms with E-state index >= 15 is 0 Å². The molecule has 29 heavy (non-hydrogen) atoms. The van der Waals surface area contributed by atoms with Gasteiger partial charge in [0.05, 0.1) is 6.42 Å². The SMILES string of the molecule is O=C(C=Cc1ccc(O)cc1)CC(=O)C=Cc1cc(Cl)ccc1-c1ccccc1. The zero-order valence-electron chi connectivity index (χ0n) is 15.6. The third-order valence-electron chi connectivity index (χ3n) is 4.25. The lowest BCUT2D eigenvalue weighted by Crippen LogP contribution is -2.02. The number of hydrogen-bond acceptors (Lipinski definition) is 3. The quantitative estimate of drug-likeness (QED) is 0.391. The van der Waals surface area contributed by atoms with Crippen LogP contribution in [0.1, 0.15) is 17.5 Å². The third kappa shape index (κ3) is 6.03. The van der Waals surface area contributed by atoms with Crippen molar-refractivity contribution < 1.29 is 14.7 Å². The molecule has 0 radical (unpaired) electrons. The fourth-order valence-electron chi connectivity index (χ4n) is 2.80. The summed E-state index contributed by atoms with van der Waals surface area (Å²) >= 11 is 6.12. The van der Waals surface area contributed by atoms with Crippen molar-refractivity contribution in [3.63, 3.8) is 0 Å². The fraction of sp³-hybridized carbons (Fsp3) is 0.0400. The molecule has 0 aliphatic carbocycles. The first-order chi connectivity index (χ1) is 14.0. The average molecular weight is 403 g/mol. The Kier molecular flexibility index (Phi) is 6.77. The van der Waals surface area contributed by atoms with E-state index in [0.717, 1.165) is 22.3 Å². The molecule has 4 heteroatoms. The summed E-state index contributed by atoms with van der Waals surface area (Å²) in [5.74, 6) is -0.420. The number of allylic oxidation sites excluding steroid dienone is 2. The fourth-order valence-corrected chi connectivity index (χ4v) is 2.98. The molecular weight excluding hydrogens is 384 g/mol. The van der Waals surface area contributed by atoms with E-state index in [0.29, 0.717) is 5.02 Å². The van der Waals surface area contributed by atoms with Crippen molar-refractivity contribution in [3.8, 4) is 16.9 Å². The first-order valence-electron chi connectivity index (χ1n) is 9.07. The van der Waals surface area contributed by atoms with Crippen LogP contribution in [0.2, 0.25) is 5.02 Å². The Bertz CT molecular complexity index is 1060. The van der Waals surface area contributed by atoms with E-state index < -0.39 is 0 Å². The minimum atomic E-state index is -0.290. The average Bonchev–Trinajstić information content (AvgIpc) is 2.72. The Hall–Kier alpha value is -3.43. The molecule has 0 unspecified atom stereocenters. The van der Waals surface area contributed by atoms with Gasteiger partial charge in [0.15, 0.2) is 11.6 Å². The second kappa shape index (κ2) is 9.67. The summed E-state index contributed by atoms with van der Waals surface area (Å²) in [5, 5.41) is 9.84. The summed E-state index contributed by atoms with van der Waals surface area (Å²) < 4.78 is 0. The second-order valence-electron chi connectivity index (χ2n) is 6.47. The number of phenolic OH excluding ortho intramolecular Hbond substituents is 1. The molecule has 3 aromatic rings. The molecule has 0 aromatic heterocycles. The van der Waals surface area contributed by atoms with Gasteiger partial charge in [0.1, 0.15) is 5.75 Å². The van der Waals surface area contributed by atoms with E-state index in [1.54, 1.807) is 36.4 Å². The maximum absolute atomic E-state index is 12.2. The van der Waals surface area contributed by atoms with Gasteiger partial charge in [-0.3, -0.25) is 9.59 Å². The molecule has 0 fully saturated rings. The van der Waals surface area contributed by atoms with Gasteiger partial charge in [-0.1, -0.05) is 72.3 Å². The Morgan fingerprint density at radius 2 is 1.48 bits per heavy atom. The summed E-state index contributed by atoms with van der Waals surface area (Å²) in [5.41, 5.74) is 3.55. The number of carbonyl (C=O) groups excluding carboxylic acids is 2. The molecule has 0 heterocycles. The number of halogens is 1. The summed E-state index contributed by atoms with van der Waals surface area (Å²) in [7, 11) is 0. The van der Waals surface area contributed by atoms with E-state index in [1.165, 1.54) is 24.3 Å². The molecule has 0 aliphatic heterocycles. The van der Waals surface area contributed by atoms with Crippen LogP contribution in [-0.2, 0) is 9.59 Å². The molecule has 0 aliphatic rings. The lowest BCUT2D eigenvalue weighted by Gasteiger charge is -2.07. The molecule has 0 amide bonds. The van der Waals surface area contributed by atoms with Crippen LogP contribution >= 0.6 is 11.6 Å². The highest BCUT2D eigenvalue weighted by atomic mass is 35.5. The smallest absolute Gasteiger partial charge is 0.163 e. The number of benzene rings is 3. The monoisotopic (exact) mass is 402 g/mol. The topological polar surface area (TPSA) is 54.4 Å². The molecule has 3 nitrogen and oxygen atoms in total. The molecular formula is C25H19ClO3. The molecule has 0 atom stereocenters. The molecule has 0 saturated heterocycles. The van der Waals surface area contributed by atoms with Crippen LogP contribution < -0.4 is 0 Å². The third-order valence-corrected chi connectivity index (χ3v) is 4.49. The Morgan fingerprint density at radius 1 is 0.828 bits per heavy atom. The van der Waals surface area contributed by atoms with Crippen molar-refractivity contribution in [3.05, 3.63) is 101 Å². The van der Waals surface area contributed by atoms with Crippen LogP contribution in [0, 0.1) is 0 Å². The molecule has 1 N–H and O–H groups in total. The van der Waals surface area contributed by atoms with E-state index in [-0.39, 0.29) is 23.7 Å². The first-order valence-corrected chi connectivity index (χ1v) is 9.45. The predicted octanol–water partition coefficient (Wildman–Crippen LogP) is 5.97. The zero-order chi connectivity index (χ0) is 20.6. The van der Waals surface area contributed by atoms with Crippen molar-refractivity contribution >= 4 is 35.3 Å². The van der Waals surface area contributed by atoms with Crippen molar-refractivity contribution in [1.29, 1.82) is 0 Å². The number of ketones is 2. The predicted molar refractivity (Wildman–Crippen MR) is 118 cm³/mol. The van der Waals surface area contributed by atoms with Crippen LogP contribution in [-0.4, -0.2) is 16.7 Å². The van der Waals surface area contributed by atoms with Gasteiger partial charge in [0.25, 0.3) is 0 Å². The van der Waals surface area contributed by atoms with Crippen LogP contribution in [0.5, 0.6) is 5.75 Å². The molecule has 3 rings (SSSR count). The van der Waals surface area contributed by atoms with Crippen molar-refractivity contribution in [2.45, 2.75) is 6.42 Å². The first kappa shape index (κ1) is 20.3. The Labute approximate surface area is 174 Å². The lowest BCUT2D eigenvalue weighted by atomic mass is 9.99. The summed E-state index contributed by atoms with van der Waals surface area (Å²) in [6, 6.07) is 21.8. The van der Waals surface area contributed by atoms with Gasteiger partial charge in [0, 0.05) is 5.02 Å². The van der Waals surface area contributed by atoms with Crippen molar-refractivity contribution in [2.24, 2.45) is 0 Å². The summed E-state index contributed by atoms with van der Waals surface area (Å²) in [4.78, 5) is 24.2. The van der Waals surface area contributed by atoms with Crippen molar-refractivity contribution in [1.82, 2.24) is 0 Å². The minimum Gasteiger partial charge on any atom is -0.508 e. The highest BCUT2D eigenvalue weighted by molar-refractivity contribution is 6.30. The number of carbonyl (C=O) groups is 2. The lowest BCUT2D eigenvalue weighted by molar-refractivity contribution is -0.121. The maximum Gasteiger partial charge on any atom is 0.163 e. The van der Waals surface area contributed by atoms with Crippen molar-refractivity contribution in [2.75, 3.05) is 0 Å². The highest BCUT2D eigenvalue weighted by Gasteiger charge is 2.06. The standard InChI is InChI=1S/C25H19ClO3/c26-21-10-15-25(19-4-2-1-3-5-19)20(16-21)9-14-24(29)17-23(28)13-8-18-6-11-22(27)12-7-18/h1-16,27H,17H2. The van der Waals surface area contributed by atoms with E-state index in [1.807, 2.05) is 36.4 Å². The summed E-state index contributed by atoms with van der Waals surface area (Å²) in [6.07, 6.45) is 5.86. The van der Waals surface area contributed by atoms with Crippen LogP contribution in [0.25, 0.3) is 23.3 Å². The number of hydrogen-bond donors (Lipinski definition) is 1. The molecule has 3 aromatic carbocycles. The molecule has 0 saturated carbocycles. The van der Waals surface area contributed by atoms with Gasteiger partial charge in [-0.05, 0) is 58.7 Å². The van der Waals surface area contributed by atoms with E-state index in [9.17, 15) is 14.7 Å². The van der Waals surface area contributed by atoms with Crippen LogP contribution in [0.3, 0.4) is 0 Å².